The van der Waals surface area contributed by atoms with Crippen LogP contribution in [-0.2, 0) is 17.0 Å². The normalized spacial score (nSPS) is 10.5. The lowest BCUT2D eigenvalue weighted by atomic mass is 10.1. The zero-order valence-corrected chi connectivity index (χ0v) is 13.4. The van der Waals surface area contributed by atoms with E-state index in [9.17, 15) is 9.18 Å². The quantitative estimate of drug-likeness (QED) is 0.692. The van der Waals surface area contributed by atoms with Crippen LogP contribution in [0.15, 0.2) is 63.9 Å². The number of amides is 1. The van der Waals surface area contributed by atoms with Gasteiger partial charge in [-0.05, 0) is 29.8 Å². The van der Waals surface area contributed by atoms with Gasteiger partial charge in [-0.2, -0.15) is 0 Å². The summed E-state index contributed by atoms with van der Waals surface area (Å²) in [5.41, 5.74) is 0.702. The van der Waals surface area contributed by atoms with Gasteiger partial charge in [0.05, 0.1) is 12.2 Å². The average molecular weight is 343 g/mol. The summed E-state index contributed by atoms with van der Waals surface area (Å²) in [6.07, 6.45) is 0.108. The topological polar surface area (TPSA) is 68.0 Å². The Kier molecular flexibility index (Phi) is 5.22. The van der Waals surface area contributed by atoms with Gasteiger partial charge in [-0.1, -0.05) is 35.4 Å². The number of hydrogen-bond acceptors (Lipinski definition) is 5. The van der Waals surface area contributed by atoms with Gasteiger partial charge in [-0.15, -0.1) is 16.9 Å². The van der Waals surface area contributed by atoms with E-state index in [1.165, 1.54) is 12.1 Å². The molecule has 0 saturated carbocycles. The molecule has 1 aromatic heterocycles. The van der Waals surface area contributed by atoms with Crippen molar-refractivity contribution in [2.45, 2.75) is 17.1 Å². The molecule has 0 aliphatic carbocycles. The first kappa shape index (κ1) is 16.2. The monoisotopic (exact) mass is 343 g/mol. The van der Waals surface area contributed by atoms with Crippen molar-refractivity contribution in [3.63, 3.8) is 0 Å². The average Bonchev–Trinajstić information content (AvgIpc) is 3.03. The van der Waals surface area contributed by atoms with E-state index < -0.39 is 0 Å². The van der Waals surface area contributed by atoms with Crippen LogP contribution in [0.25, 0.3) is 0 Å². The Bertz CT molecular complexity index is 806. The molecule has 0 unspecified atom stereocenters. The van der Waals surface area contributed by atoms with Crippen molar-refractivity contribution in [2.24, 2.45) is 0 Å². The molecule has 0 fully saturated rings. The highest BCUT2D eigenvalue weighted by molar-refractivity contribution is 7.98. The van der Waals surface area contributed by atoms with E-state index in [0.717, 1.165) is 4.90 Å². The smallest absolute Gasteiger partial charge is 0.322 e. The summed E-state index contributed by atoms with van der Waals surface area (Å²) in [5, 5.41) is 10.2. The Morgan fingerprint density at radius 3 is 2.58 bits per heavy atom. The molecular weight excluding hydrogens is 329 g/mol. The summed E-state index contributed by atoms with van der Waals surface area (Å²) in [6.45, 7) is 0. The summed E-state index contributed by atoms with van der Waals surface area (Å²) < 4.78 is 18.2. The molecule has 24 heavy (non-hydrogen) atoms. The predicted octanol–water partition coefficient (Wildman–Crippen LogP) is 3.68. The minimum Gasteiger partial charge on any atom is -0.407 e. The molecule has 3 rings (SSSR count). The van der Waals surface area contributed by atoms with Crippen LogP contribution >= 0.6 is 11.8 Å². The largest absolute Gasteiger partial charge is 0.407 e. The minimum absolute atomic E-state index is 0.0609. The van der Waals surface area contributed by atoms with Gasteiger partial charge < -0.3 is 4.42 Å². The molecule has 0 atom stereocenters. The maximum absolute atomic E-state index is 12.8. The number of benzene rings is 2. The van der Waals surface area contributed by atoms with Gasteiger partial charge in [0.2, 0.25) is 11.8 Å². The van der Waals surface area contributed by atoms with Crippen LogP contribution in [0.1, 0.15) is 11.5 Å². The summed E-state index contributed by atoms with van der Waals surface area (Å²) in [4.78, 5) is 13.0. The highest BCUT2D eigenvalue weighted by Gasteiger charge is 2.11. The van der Waals surface area contributed by atoms with Gasteiger partial charge in [0.25, 0.3) is 0 Å². The third-order valence-electron chi connectivity index (χ3n) is 3.10. The molecule has 0 spiro atoms. The van der Waals surface area contributed by atoms with Crippen LogP contribution in [0, 0.1) is 5.82 Å². The SMILES string of the molecule is O=C(Cc1ccc(F)cc1)Nc1nnc(CSc2ccccc2)o1. The molecule has 0 bridgehead atoms. The minimum atomic E-state index is -0.336. The second-order valence-corrected chi connectivity index (χ2v) is 6.00. The molecule has 5 nitrogen and oxygen atoms in total. The lowest BCUT2D eigenvalue weighted by Crippen LogP contribution is -2.14. The first-order valence-electron chi connectivity index (χ1n) is 7.23. The summed E-state index contributed by atoms with van der Waals surface area (Å²) in [7, 11) is 0. The third-order valence-corrected chi connectivity index (χ3v) is 4.09. The standard InChI is InChI=1S/C17H14FN3O2S/c18-13-8-6-12(7-9-13)10-15(22)19-17-21-20-16(23-17)11-24-14-4-2-1-3-5-14/h1-9H,10-11H2,(H,19,21,22). The van der Waals surface area contributed by atoms with E-state index in [4.69, 9.17) is 4.42 Å². The van der Waals surface area contributed by atoms with Crippen LogP contribution in [0.2, 0.25) is 0 Å². The van der Waals surface area contributed by atoms with Gasteiger partial charge in [0.1, 0.15) is 5.82 Å². The van der Waals surface area contributed by atoms with Gasteiger partial charge in [-0.3, -0.25) is 10.1 Å². The summed E-state index contributed by atoms with van der Waals surface area (Å²) in [5.74, 6) is 0.315. The molecular formula is C17H14FN3O2S. The number of anilines is 1. The highest BCUT2D eigenvalue weighted by atomic mass is 32.2. The number of hydrogen-bond donors (Lipinski definition) is 1. The number of carbonyl (C=O) groups is 1. The molecule has 1 N–H and O–H groups in total. The van der Waals surface area contributed by atoms with Crippen LogP contribution in [0.5, 0.6) is 0 Å². The van der Waals surface area contributed by atoms with Crippen molar-refractivity contribution in [3.05, 3.63) is 71.9 Å². The zero-order valence-electron chi connectivity index (χ0n) is 12.6. The molecule has 7 heteroatoms. The summed E-state index contributed by atoms with van der Waals surface area (Å²) in [6, 6.07) is 15.7. The maximum Gasteiger partial charge on any atom is 0.322 e. The van der Waals surface area contributed by atoms with E-state index >= 15 is 0 Å². The van der Waals surface area contributed by atoms with E-state index in [-0.39, 0.29) is 24.2 Å². The fourth-order valence-corrected chi connectivity index (χ4v) is 2.73. The summed E-state index contributed by atoms with van der Waals surface area (Å²) >= 11 is 1.57. The number of aromatic nitrogens is 2. The predicted molar refractivity (Wildman–Crippen MR) is 89.0 cm³/mol. The van der Waals surface area contributed by atoms with E-state index in [1.54, 1.807) is 23.9 Å². The Morgan fingerprint density at radius 1 is 1.08 bits per heavy atom. The van der Waals surface area contributed by atoms with Crippen LogP contribution in [0.3, 0.4) is 0 Å². The van der Waals surface area contributed by atoms with E-state index in [0.29, 0.717) is 17.2 Å². The van der Waals surface area contributed by atoms with Crippen molar-refractivity contribution in [1.29, 1.82) is 0 Å². The van der Waals surface area contributed by atoms with E-state index in [1.807, 2.05) is 30.3 Å². The Hall–Kier alpha value is -2.67. The molecule has 3 aromatic rings. The fraction of sp³-hybridized carbons (Fsp3) is 0.118. The fourth-order valence-electron chi connectivity index (χ4n) is 1.98. The molecule has 1 amide bonds. The van der Waals surface area contributed by atoms with Gasteiger partial charge in [-0.25, -0.2) is 4.39 Å². The number of thioether (sulfide) groups is 1. The molecule has 2 aromatic carbocycles. The molecule has 0 radical (unpaired) electrons. The van der Waals surface area contributed by atoms with Crippen molar-refractivity contribution >= 4 is 23.7 Å². The molecule has 122 valence electrons. The lowest BCUT2D eigenvalue weighted by Gasteiger charge is -2.01. The first-order chi connectivity index (χ1) is 11.7. The van der Waals surface area contributed by atoms with Crippen LogP contribution in [0.4, 0.5) is 10.4 Å². The third kappa shape index (κ3) is 4.66. The van der Waals surface area contributed by atoms with Gasteiger partial charge >= 0.3 is 6.01 Å². The van der Waals surface area contributed by atoms with Crippen molar-refractivity contribution in [2.75, 3.05) is 5.32 Å². The number of nitrogens with one attached hydrogen (secondary N) is 1. The van der Waals surface area contributed by atoms with Crippen LogP contribution < -0.4 is 5.32 Å². The van der Waals surface area contributed by atoms with E-state index in [2.05, 4.69) is 15.5 Å². The van der Waals surface area contributed by atoms with Gasteiger partial charge in [0, 0.05) is 4.90 Å². The van der Waals surface area contributed by atoms with Gasteiger partial charge in [0.15, 0.2) is 0 Å². The molecule has 0 aliphatic rings. The Labute approximate surface area is 142 Å². The van der Waals surface area contributed by atoms with Crippen LogP contribution in [-0.4, -0.2) is 16.1 Å². The molecule has 1 heterocycles. The number of carbonyl (C=O) groups excluding carboxylic acids is 1. The van der Waals surface area contributed by atoms with Crippen molar-refractivity contribution in [3.8, 4) is 0 Å². The number of halogens is 1. The first-order valence-corrected chi connectivity index (χ1v) is 8.22. The Morgan fingerprint density at radius 2 is 1.83 bits per heavy atom. The number of rotatable bonds is 6. The lowest BCUT2D eigenvalue weighted by molar-refractivity contribution is -0.115. The van der Waals surface area contributed by atoms with Crippen molar-refractivity contribution < 1.29 is 13.6 Å². The molecule has 0 saturated heterocycles. The second kappa shape index (κ2) is 7.74. The number of nitrogens with zero attached hydrogens (tertiary/aromatic N) is 2. The zero-order chi connectivity index (χ0) is 16.8. The highest BCUT2D eigenvalue weighted by Crippen LogP contribution is 2.22. The maximum atomic E-state index is 12.8. The molecule has 0 aliphatic heterocycles. The van der Waals surface area contributed by atoms with Crippen molar-refractivity contribution in [1.82, 2.24) is 10.2 Å². The second-order valence-electron chi connectivity index (χ2n) is 4.95. The Balaban J connectivity index is 1.51.